The van der Waals surface area contributed by atoms with E-state index in [2.05, 4.69) is 0 Å². The highest BCUT2D eigenvalue weighted by molar-refractivity contribution is 6.25. The molecule has 0 heterocycles. The van der Waals surface area contributed by atoms with Crippen molar-refractivity contribution in [1.29, 1.82) is 0 Å². The van der Waals surface area contributed by atoms with E-state index >= 15 is 0 Å². The molecule has 0 N–H and O–H groups in total. The van der Waals surface area contributed by atoms with Crippen molar-refractivity contribution >= 4 is 11.6 Å². The molecule has 2 rings (SSSR count). The van der Waals surface area contributed by atoms with Gasteiger partial charge in [0.15, 0.2) is 0 Å². The van der Waals surface area contributed by atoms with Gasteiger partial charge >= 0.3 is 0 Å². The van der Waals surface area contributed by atoms with Gasteiger partial charge in [0.1, 0.15) is 0 Å². The highest BCUT2D eigenvalue weighted by Crippen LogP contribution is 2.27. The maximum Gasteiger partial charge on any atom is 0.225 e. The number of fused-ring (bicyclic) bond motifs is 1. The van der Waals surface area contributed by atoms with E-state index in [1.807, 2.05) is 0 Å². The van der Waals surface area contributed by atoms with Gasteiger partial charge in [-0.1, -0.05) is 24.3 Å². The Bertz CT molecular complexity index is 432. The molecular weight excluding hydrogens is 190 g/mol. The molecule has 0 spiro atoms. The van der Waals surface area contributed by atoms with Gasteiger partial charge in [-0.3, -0.25) is 9.59 Å². The Labute approximate surface area is 77.8 Å². The lowest BCUT2D eigenvalue weighted by molar-refractivity contribution is 0.0932. The molecule has 2 nitrogen and oxygen atoms in total. The predicted molar refractivity (Wildman–Crippen MR) is 44.3 cm³/mol. The number of halogens is 2. The van der Waals surface area contributed by atoms with Gasteiger partial charge in [-0.05, 0) is 0 Å². The molecule has 0 unspecified atom stereocenters. The van der Waals surface area contributed by atoms with E-state index in [0.29, 0.717) is 0 Å². The molecule has 1 aliphatic carbocycles. The number of carbonyl (C=O) groups excluding carboxylic acids is 2. The monoisotopic (exact) mass is 194 g/mol. The van der Waals surface area contributed by atoms with Crippen molar-refractivity contribution in [2.75, 3.05) is 0 Å². The first kappa shape index (κ1) is 8.74. The van der Waals surface area contributed by atoms with E-state index in [1.165, 1.54) is 24.3 Å². The summed E-state index contributed by atoms with van der Waals surface area (Å²) in [5, 5.41) is 0. The molecule has 1 aromatic carbocycles. The minimum atomic E-state index is -1.60. The fraction of sp³-hybridized carbons (Fsp3) is 0. The zero-order chi connectivity index (χ0) is 10.3. The second-order valence-electron chi connectivity index (χ2n) is 2.83. The molecule has 0 fully saturated rings. The molecule has 70 valence electrons. The van der Waals surface area contributed by atoms with Crippen LogP contribution in [0.2, 0.25) is 0 Å². The second-order valence-corrected chi connectivity index (χ2v) is 2.83. The van der Waals surface area contributed by atoms with Crippen LogP contribution in [0.3, 0.4) is 0 Å². The minimum Gasteiger partial charge on any atom is -0.286 e. The van der Waals surface area contributed by atoms with Gasteiger partial charge in [0, 0.05) is 11.1 Å². The molecule has 0 aliphatic heterocycles. The van der Waals surface area contributed by atoms with Gasteiger partial charge in [0.25, 0.3) is 0 Å². The van der Waals surface area contributed by atoms with Gasteiger partial charge in [-0.2, -0.15) is 8.78 Å². The summed E-state index contributed by atoms with van der Waals surface area (Å²) in [6, 6.07) is 5.56. The summed E-state index contributed by atoms with van der Waals surface area (Å²) in [5.74, 6) is -5.35. The first-order valence-corrected chi connectivity index (χ1v) is 3.86. The molecule has 14 heavy (non-hydrogen) atoms. The third kappa shape index (κ3) is 1.00. The maximum absolute atomic E-state index is 12.8. The molecule has 0 aromatic heterocycles. The predicted octanol–water partition coefficient (Wildman–Crippen LogP) is 2.22. The average molecular weight is 194 g/mol. The van der Waals surface area contributed by atoms with Crippen molar-refractivity contribution in [1.82, 2.24) is 0 Å². The lowest BCUT2D eigenvalue weighted by Gasteiger charge is -2.10. The summed E-state index contributed by atoms with van der Waals surface area (Å²) in [5.41, 5.74) is -0.173. The summed E-state index contributed by atoms with van der Waals surface area (Å²) in [6.07, 6.45) is 0. The highest BCUT2D eigenvalue weighted by Gasteiger charge is 2.32. The van der Waals surface area contributed by atoms with Crippen molar-refractivity contribution in [2.45, 2.75) is 0 Å². The number of hydrogen-bond donors (Lipinski definition) is 0. The Balaban J connectivity index is 2.73. The van der Waals surface area contributed by atoms with Crippen molar-refractivity contribution < 1.29 is 18.4 Å². The quantitative estimate of drug-likeness (QED) is 0.634. The molecule has 0 atom stereocenters. The molecule has 1 aliphatic rings. The summed E-state index contributed by atoms with van der Waals surface area (Å²) >= 11 is 0. The van der Waals surface area contributed by atoms with Crippen LogP contribution in [0.1, 0.15) is 20.7 Å². The van der Waals surface area contributed by atoms with E-state index in [9.17, 15) is 18.4 Å². The van der Waals surface area contributed by atoms with Crippen molar-refractivity contribution in [2.24, 2.45) is 0 Å². The second kappa shape index (κ2) is 2.83. The number of rotatable bonds is 0. The Morgan fingerprint density at radius 2 is 1.14 bits per heavy atom. The van der Waals surface area contributed by atoms with Gasteiger partial charge < -0.3 is 0 Å². The van der Waals surface area contributed by atoms with Crippen LogP contribution in [0.5, 0.6) is 0 Å². The van der Waals surface area contributed by atoms with Crippen LogP contribution < -0.4 is 0 Å². The Morgan fingerprint density at radius 1 is 0.786 bits per heavy atom. The third-order valence-corrected chi connectivity index (χ3v) is 2.01. The Kier molecular flexibility index (Phi) is 1.77. The van der Waals surface area contributed by atoms with Gasteiger partial charge in [-0.25, -0.2) is 0 Å². The number of ketones is 2. The SMILES string of the molecule is O=C1C(F)=C(F)C(=O)c2ccccc21. The van der Waals surface area contributed by atoms with Crippen molar-refractivity contribution in [3.8, 4) is 0 Å². The number of allylic oxidation sites excluding steroid dienone is 2. The molecule has 0 saturated heterocycles. The summed E-state index contributed by atoms with van der Waals surface area (Å²) in [6.45, 7) is 0. The van der Waals surface area contributed by atoms with E-state index < -0.39 is 23.2 Å². The van der Waals surface area contributed by atoms with E-state index in [0.717, 1.165) is 0 Å². The van der Waals surface area contributed by atoms with Crippen molar-refractivity contribution in [3.05, 3.63) is 47.0 Å². The lowest BCUT2D eigenvalue weighted by atomic mass is 9.93. The van der Waals surface area contributed by atoms with E-state index in [-0.39, 0.29) is 11.1 Å². The minimum absolute atomic E-state index is 0.0867. The molecule has 0 saturated carbocycles. The first-order chi connectivity index (χ1) is 6.63. The number of Topliss-reactive ketones (excluding diaryl/α,β-unsaturated/α-hetero) is 2. The van der Waals surface area contributed by atoms with Crippen LogP contribution in [0, 0.1) is 0 Å². The average Bonchev–Trinajstić information content (AvgIpc) is 2.23. The summed E-state index contributed by atoms with van der Waals surface area (Å²) in [7, 11) is 0. The van der Waals surface area contributed by atoms with Gasteiger partial charge in [0.05, 0.1) is 0 Å². The van der Waals surface area contributed by atoms with E-state index in [4.69, 9.17) is 0 Å². The lowest BCUT2D eigenvalue weighted by Crippen LogP contribution is -2.18. The van der Waals surface area contributed by atoms with Crippen LogP contribution in [-0.4, -0.2) is 11.6 Å². The standard InChI is InChI=1S/C10H4F2O2/c11-7-8(12)10(14)6-4-2-1-3-5(6)9(7)13/h1-4H. The van der Waals surface area contributed by atoms with Crippen LogP contribution in [0.25, 0.3) is 0 Å². The van der Waals surface area contributed by atoms with Crippen molar-refractivity contribution in [3.63, 3.8) is 0 Å². The fourth-order valence-corrected chi connectivity index (χ4v) is 1.31. The van der Waals surface area contributed by atoms with Crippen LogP contribution in [0.4, 0.5) is 8.78 Å². The highest BCUT2D eigenvalue weighted by atomic mass is 19.2. The number of benzene rings is 1. The topological polar surface area (TPSA) is 34.1 Å². The summed E-state index contributed by atoms with van der Waals surface area (Å²) in [4.78, 5) is 22.3. The Hall–Kier alpha value is -1.84. The molecule has 4 heteroatoms. The van der Waals surface area contributed by atoms with Gasteiger partial charge in [0.2, 0.25) is 23.2 Å². The zero-order valence-corrected chi connectivity index (χ0v) is 6.88. The molecule has 0 bridgehead atoms. The van der Waals surface area contributed by atoms with Crippen LogP contribution in [0.15, 0.2) is 35.9 Å². The summed E-state index contributed by atoms with van der Waals surface area (Å²) < 4.78 is 25.7. The molecule has 1 aromatic rings. The van der Waals surface area contributed by atoms with E-state index in [1.54, 1.807) is 0 Å². The largest absolute Gasteiger partial charge is 0.286 e. The van der Waals surface area contributed by atoms with Gasteiger partial charge in [-0.15, -0.1) is 0 Å². The smallest absolute Gasteiger partial charge is 0.225 e. The van der Waals surface area contributed by atoms with Crippen LogP contribution >= 0.6 is 0 Å². The third-order valence-electron chi connectivity index (χ3n) is 2.01. The molecule has 0 amide bonds. The number of carbonyl (C=O) groups is 2. The molecular formula is C10H4F2O2. The normalized spacial score (nSPS) is 15.9. The zero-order valence-electron chi connectivity index (χ0n) is 6.88. The van der Waals surface area contributed by atoms with Crippen LogP contribution in [-0.2, 0) is 0 Å². The first-order valence-electron chi connectivity index (χ1n) is 3.86. The number of hydrogen-bond acceptors (Lipinski definition) is 2. The molecule has 0 radical (unpaired) electrons. The maximum atomic E-state index is 12.8. The Morgan fingerprint density at radius 3 is 1.50 bits per heavy atom. The fourth-order valence-electron chi connectivity index (χ4n) is 1.31.